The summed E-state index contributed by atoms with van der Waals surface area (Å²) < 4.78 is 5.26. The summed E-state index contributed by atoms with van der Waals surface area (Å²) in [6.45, 7) is 2.48. The van der Waals surface area contributed by atoms with Crippen LogP contribution in [0.3, 0.4) is 0 Å². The summed E-state index contributed by atoms with van der Waals surface area (Å²) in [5.41, 5.74) is 0.572. The zero-order valence-electron chi connectivity index (χ0n) is 10.7. The fraction of sp³-hybridized carbons (Fsp3) is 0.462. The van der Waals surface area contributed by atoms with E-state index in [1.54, 1.807) is 24.3 Å². The number of alkyl halides is 1. The molecule has 100 valence electrons. The number of carbonyl (C=O) groups is 1. The summed E-state index contributed by atoms with van der Waals surface area (Å²) in [7, 11) is 3.83. The van der Waals surface area contributed by atoms with Gasteiger partial charge in [0.1, 0.15) is 6.10 Å². The monoisotopic (exact) mass is 289 g/mol. The molecule has 1 aromatic carbocycles. The van der Waals surface area contributed by atoms with Crippen LogP contribution in [0.15, 0.2) is 24.3 Å². The molecule has 0 N–H and O–H groups in total. The molecule has 1 aromatic rings. The molecule has 1 unspecified atom stereocenters. The van der Waals surface area contributed by atoms with Crippen molar-refractivity contribution < 1.29 is 9.53 Å². The van der Waals surface area contributed by atoms with Gasteiger partial charge < -0.3 is 9.64 Å². The highest BCUT2D eigenvalue weighted by molar-refractivity contribution is 6.35. The van der Waals surface area contributed by atoms with Crippen molar-refractivity contribution in [2.24, 2.45) is 0 Å². The van der Waals surface area contributed by atoms with Crippen molar-refractivity contribution in [2.75, 3.05) is 20.6 Å². The van der Waals surface area contributed by atoms with Crippen molar-refractivity contribution in [3.8, 4) is 0 Å². The first-order chi connectivity index (χ1) is 8.41. The number of halogens is 2. The van der Waals surface area contributed by atoms with Crippen LogP contribution < -0.4 is 0 Å². The van der Waals surface area contributed by atoms with E-state index in [1.165, 1.54) is 0 Å². The average molecular weight is 290 g/mol. The molecule has 0 aliphatic carbocycles. The van der Waals surface area contributed by atoms with E-state index >= 15 is 0 Å². The third kappa shape index (κ3) is 4.48. The van der Waals surface area contributed by atoms with E-state index in [1.807, 2.05) is 25.9 Å². The molecule has 0 aromatic heterocycles. The van der Waals surface area contributed by atoms with Gasteiger partial charge in [0.05, 0.1) is 0 Å². The fourth-order valence-electron chi connectivity index (χ4n) is 1.62. The Hall–Kier alpha value is -0.770. The van der Waals surface area contributed by atoms with E-state index < -0.39 is 11.3 Å². The molecule has 1 rings (SSSR count). The first-order valence-corrected chi connectivity index (χ1v) is 6.47. The highest BCUT2D eigenvalue weighted by Crippen LogP contribution is 2.28. The van der Waals surface area contributed by atoms with Crippen LogP contribution in [0.2, 0.25) is 5.02 Å². The molecule has 0 heterocycles. The molecule has 0 fully saturated rings. The van der Waals surface area contributed by atoms with Gasteiger partial charge in [-0.25, -0.2) is 0 Å². The third-order valence-corrected chi connectivity index (χ3v) is 3.08. The Balaban J connectivity index is 2.65. The predicted molar refractivity (Wildman–Crippen MR) is 74.2 cm³/mol. The minimum Gasteiger partial charge on any atom is -0.460 e. The van der Waals surface area contributed by atoms with Crippen LogP contribution in [0.25, 0.3) is 0 Å². The number of carbonyl (C=O) groups excluding carboxylic acids is 1. The maximum absolute atomic E-state index is 11.9. The van der Waals surface area contributed by atoms with Crippen LogP contribution in [0.4, 0.5) is 0 Å². The number of ether oxygens (including phenoxy) is 1. The summed E-state index contributed by atoms with van der Waals surface area (Å²) in [6, 6.07) is 6.99. The van der Waals surface area contributed by atoms with E-state index in [9.17, 15) is 4.79 Å². The first kappa shape index (κ1) is 15.3. The smallest absolute Gasteiger partial charge is 0.329 e. The van der Waals surface area contributed by atoms with E-state index in [0.717, 1.165) is 0 Å². The lowest BCUT2D eigenvalue weighted by Gasteiger charge is -2.19. The molecular formula is C13H17Cl2NO2. The summed E-state index contributed by atoms with van der Waals surface area (Å²) >= 11 is 12.1. The minimum atomic E-state index is -0.872. The molecule has 3 nitrogen and oxygen atoms in total. The standard InChI is InChI=1S/C13H17Cl2NO2/c1-9(8-16(2)3)18-13(17)12(15)10-6-4-5-7-11(10)14/h4-7,9,12H,8H2,1-3H3/t9?,12-/m1/s1. The average Bonchev–Trinajstić information content (AvgIpc) is 2.27. The maximum Gasteiger partial charge on any atom is 0.329 e. The lowest BCUT2D eigenvalue weighted by molar-refractivity contribution is -0.148. The Morgan fingerprint density at radius 2 is 2.00 bits per heavy atom. The van der Waals surface area contributed by atoms with Gasteiger partial charge in [0.15, 0.2) is 5.38 Å². The SMILES string of the molecule is CC(CN(C)C)OC(=O)[C@H](Cl)c1ccccc1Cl. The largest absolute Gasteiger partial charge is 0.460 e. The van der Waals surface area contributed by atoms with Crippen LogP contribution in [0.1, 0.15) is 17.9 Å². The number of benzene rings is 1. The quantitative estimate of drug-likeness (QED) is 0.616. The second-order valence-electron chi connectivity index (χ2n) is 4.39. The van der Waals surface area contributed by atoms with Gasteiger partial charge >= 0.3 is 5.97 Å². The second kappa shape index (κ2) is 6.98. The molecular weight excluding hydrogens is 273 g/mol. The normalized spacial score (nSPS) is 14.3. The zero-order chi connectivity index (χ0) is 13.7. The third-order valence-electron chi connectivity index (χ3n) is 2.32. The van der Waals surface area contributed by atoms with Crippen molar-refractivity contribution in [1.29, 1.82) is 0 Å². The van der Waals surface area contributed by atoms with Crippen LogP contribution >= 0.6 is 23.2 Å². The Morgan fingerprint density at radius 1 is 1.39 bits per heavy atom. The van der Waals surface area contributed by atoms with Gasteiger partial charge in [-0.2, -0.15) is 0 Å². The minimum absolute atomic E-state index is 0.212. The Bertz CT molecular complexity index is 410. The van der Waals surface area contributed by atoms with Crippen LogP contribution in [0.5, 0.6) is 0 Å². The molecule has 0 amide bonds. The van der Waals surface area contributed by atoms with E-state index in [4.69, 9.17) is 27.9 Å². The fourth-order valence-corrected chi connectivity index (χ4v) is 2.16. The van der Waals surface area contributed by atoms with Crippen molar-refractivity contribution in [3.05, 3.63) is 34.9 Å². The van der Waals surface area contributed by atoms with Gasteiger partial charge in [-0.15, -0.1) is 11.6 Å². The summed E-state index contributed by atoms with van der Waals surface area (Å²) in [5.74, 6) is -0.473. The molecule has 0 spiro atoms. The number of hydrogen-bond donors (Lipinski definition) is 0. The summed E-state index contributed by atoms with van der Waals surface area (Å²) in [6.07, 6.45) is -0.212. The van der Waals surface area contributed by atoms with Gasteiger partial charge in [0, 0.05) is 11.6 Å². The van der Waals surface area contributed by atoms with E-state index in [2.05, 4.69) is 0 Å². The molecule has 0 saturated carbocycles. The molecule has 0 radical (unpaired) electrons. The van der Waals surface area contributed by atoms with Crippen molar-refractivity contribution >= 4 is 29.2 Å². The van der Waals surface area contributed by atoms with Crippen LogP contribution in [-0.2, 0) is 9.53 Å². The van der Waals surface area contributed by atoms with Crippen molar-refractivity contribution in [2.45, 2.75) is 18.4 Å². The molecule has 5 heteroatoms. The van der Waals surface area contributed by atoms with Gasteiger partial charge in [0.2, 0.25) is 0 Å². The lowest BCUT2D eigenvalue weighted by Crippen LogP contribution is -2.29. The highest BCUT2D eigenvalue weighted by Gasteiger charge is 2.23. The van der Waals surface area contributed by atoms with E-state index in [-0.39, 0.29) is 6.10 Å². The Labute approximate surface area is 118 Å². The van der Waals surface area contributed by atoms with Gasteiger partial charge in [-0.1, -0.05) is 29.8 Å². The topological polar surface area (TPSA) is 29.5 Å². The van der Waals surface area contributed by atoms with Gasteiger partial charge in [-0.3, -0.25) is 4.79 Å². The molecule has 0 bridgehead atoms. The van der Waals surface area contributed by atoms with E-state index in [0.29, 0.717) is 17.1 Å². The molecule has 18 heavy (non-hydrogen) atoms. The number of nitrogens with zero attached hydrogens (tertiary/aromatic N) is 1. The van der Waals surface area contributed by atoms with Gasteiger partial charge in [0.25, 0.3) is 0 Å². The lowest BCUT2D eigenvalue weighted by atomic mass is 10.1. The molecule has 2 atom stereocenters. The molecule has 0 aliphatic heterocycles. The van der Waals surface area contributed by atoms with Crippen molar-refractivity contribution in [3.63, 3.8) is 0 Å². The number of likely N-dealkylation sites (N-methyl/N-ethyl adjacent to an activating group) is 1. The van der Waals surface area contributed by atoms with Crippen LogP contribution in [-0.4, -0.2) is 37.6 Å². The highest BCUT2D eigenvalue weighted by atomic mass is 35.5. The van der Waals surface area contributed by atoms with Crippen molar-refractivity contribution in [1.82, 2.24) is 4.90 Å². The first-order valence-electron chi connectivity index (χ1n) is 5.65. The maximum atomic E-state index is 11.9. The van der Waals surface area contributed by atoms with Crippen LogP contribution in [0, 0.1) is 0 Å². The summed E-state index contributed by atoms with van der Waals surface area (Å²) in [5, 5.41) is -0.405. The molecule has 0 aliphatic rings. The Kier molecular flexibility index (Phi) is 5.93. The number of esters is 1. The Morgan fingerprint density at radius 3 is 2.56 bits per heavy atom. The molecule has 0 saturated heterocycles. The zero-order valence-corrected chi connectivity index (χ0v) is 12.2. The number of hydrogen-bond acceptors (Lipinski definition) is 3. The second-order valence-corrected chi connectivity index (χ2v) is 5.24. The predicted octanol–water partition coefficient (Wildman–Crippen LogP) is 3.11. The summed E-state index contributed by atoms with van der Waals surface area (Å²) in [4.78, 5) is 13.8. The van der Waals surface area contributed by atoms with Gasteiger partial charge in [-0.05, 0) is 32.6 Å². The number of rotatable bonds is 5.